The van der Waals surface area contributed by atoms with Crippen LogP contribution in [0.3, 0.4) is 0 Å². The monoisotopic (exact) mass is 204 g/mol. The number of thiol groups is 1. The Bertz CT molecular complexity index is 191. The predicted octanol–water partition coefficient (Wildman–Crippen LogP) is 0.351. The van der Waals surface area contributed by atoms with Crippen LogP contribution in [0.4, 0.5) is 0 Å². The van der Waals surface area contributed by atoms with E-state index in [0.717, 1.165) is 25.7 Å². The van der Waals surface area contributed by atoms with Gasteiger partial charge in [0.1, 0.15) is 0 Å². The van der Waals surface area contributed by atoms with E-state index >= 15 is 0 Å². The Balaban J connectivity index is 2.20. The van der Waals surface area contributed by atoms with Gasteiger partial charge in [0.25, 0.3) is 0 Å². The molecular weight excluding hydrogens is 188 g/mol. The molecule has 2 N–H and O–H groups in total. The second-order valence-corrected chi connectivity index (χ2v) is 5.08. The quantitative estimate of drug-likeness (QED) is 0.569. The Morgan fingerprint density at radius 1 is 1.15 bits per heavy atom. The minimum Gasteiger partial charge on any atom is -0.393 e. The Labute approximate surface area is 83.5 Å². The molecule has 0 aromatic carbocycles. The van der Waals surface area contributed by atoms with E-state index in [4.69, 9.17) is 4.74 Å². The second kappa shape index (κ2) is 3.12. The number of ether oxygens (including phenoxy) is 1. The normalized spacial score (nSPS) is 49.6. The van der Waals surface area contributed by atoms with E-state index in [0.29, 0.717) is 0 Å². The van der Waals surface area contributed by atoms with Crippen molar-refractivity contribution in [2.75, 3.05) is 13.2 Å². The minimum absolute atomic E-state index is 0.0474. The zero-order chi connectivity index (χ0) is 9.53. The lowest BCUT2D eigenvalue weighted by Gasteiger charge is -2.41. The van der Waals surface area contributed by atoms with E-state index in [1.54, 1.807) is 0 Å². The molecule has 0 aliphatic carbocycles. The summed E-state index contributed by atoms with van der Waals surface area (Å²) in [6.07, 6.45) is 3.30. The van der Waals surface area contributed by atoms with Crippen molar-refractivity contribution >= 4 is 12.6 Å². The summed E-state index contributed by atoms with van der Waals surface area (Å²) >= 11 is 4.43. The molecule has 2 bridgehead atoms. The molecule has 3 nitrogen and oxygen atoms in total. The highest BCUT2D eigenvalue weighted by Gasteiger charge is 2.53. The molecule has 2 aliphatic heterocycles. The summed E-state index contributed by atoms with van der Waals surface area (Å²) in [6.45, 7) is 0.0949. The molecule has 0 aromatic rings. The van der Waals surface area contributed by atoms with Crippen molar-refractivity contribution in [3.8, 4) is 0 Å². The molecule has 0 amide bonds. The van der Waals surface area contributed by atoms with Crippen molar-refractivity contribution in [1.29, 1.82) is 0 Å². The van der Waals surface area contributed by atoms with Gasteiger partial charge >= 0.3 is 0 Å². The van der Waals surface area contributed by atoms with Gasteiger partial charge in [-0.15, -0.1) is 0 Å². The first-order chi connectivity index (χ1) is 6.14. The molecule has 0 aromatic heterocycles. The van der Waals surface area contributed by atoms with Gasteiger partial charge in [0.2, 0.25) is 0 Å². The fourth-order valence-corrected chi connectivity index (χ4v) is 3.25. The van der Waals surface area contributed by atoms with Gasteiger partial charge in [-0.2, -0.15) is 12.6 Å². The minimum atomic E-state index is -0.409. The second-order valence-electron chi connectivity index (χ2n) is 4.35. The molecular formula is C9H16O3S. The number of aliphatic hydroxyl groups is 2. The van der Waals surface area contributed by atoms with Gasteiger partial charge < -0.3 is 14.9 Å². The van der Waals surface area contributed by atoms with E-state index < -0.39 is 11.2 Å². The molecule has 2 rings (SSSR count). The molecule has 2 aliphatic rings. The summed E-state index contributed by atoms with van der Waals surface area (Å²) in [7, 11) is 0. The van der Waals surface area contributed by atoms with Gasteiger partial charge in [-0.05, 0) is 25.7 Å². The van der Waals surface area contributed by atoms with E-state index in [1.165, 1.54) is 0 Å². The lowest BCUT2D eigenvalue weighted by molar-refractivity contribution is -0.169. The van der Waals surface area contributed by atoms with Crippen LogP contribution in [-0.4, -0.2) is 39.9 Å². The van der Waals surface area contributed by atoms with Crippen LogP contribution in [0.2, 0.25) is 0 Å². The molecule has 2 fully saturated rings. The molecule has 4 heteroatoms. The largest absolute Gasteiger partial charge is 0.393 e. The van der Waals surface area contributed by atoms with Gasteiger partial charge in [0.15, 0.2) is 0 Å². The first kappa shape index (κ1) is 9.77. The van der Waals surface area contributed by atoms with Crippen LogP contribution in [0.5, 0.6) is 0 Å². The molecule has 0 spiro atoms. The van der Waals surface area contributed by atoms with Crippen molar-refractivity contribution in [2.45, 2.75) is 42.1 Å². The van der Waals surface area contributed by atoms with E-state index in [1.807, 2.05) is 0 Å². The van der Waals surface area contributed by atoms with Crippen molar-refractivity contribution in [1.82, 2.24) is 0 Å². The number of hydrogen-bond acceptors (Lipinski definition) is 4. The summed E-state index contributed by atoms with van der Waals surface area (Å²) in [5, 5.41) is 18.8. The maximum Gasteiger partial charge on any atom is 0.0932 e. The SMILES string of the molecule is OC[C@]12CC[C@](CO)(CC(S)C1)O2. The van der Waals surface area contributed by atoms with Gasteiger partial charge in [-0.1, -0.05) is 0 Å². The van der Waals surface area contributed by atoms with Crippen LogP contribution in [-0.2, 0) is 4.74 Å². The van der Waals surface area contributed by atoms with E-state index in [2.05, 4.69) is 12.6 Å². The summed E-state index contributed by atoms with van der Waals surface area (Å²) in [4.78, 5) is 0. The lowest BCUT2D eigenvalue weighted by atomic mass is 9.93. The first-order valence-corrected chi connectivity index (χ1v) is 5.25. The third kappa shape index (κ3) is 1.50. The molecule has 13 heavy (non-hydrogen) atoms. The van der Waals surface area contributed by atoms with Gasteiger partial charge in [0, 0.05) is 5.25 Å². The van der Waals surface area contributed by atoms with Crippen molar-refractivity contribution < 1.29 is 14.9 Å². The van der Waals surface area contributed by atoms with Crippen LogP contribution in [0.1, 0.15) is 25.7 Å². The third-order valence-electron chi connectivity index (χ3n) is 3.26. The van der Waals surface area contributed by atoms with E-state index in [-0.39, 0.29) is 18.5 Å². The van der Waals surface area contributed by atoms with Crippen LogP contribution in [0.15, 0.2) is 0 Å². The fraction of sp³-hybridized carbons (Fsp3) is 1.00. The average molecular weight is 204 g/mol. The third-order valence-corrected chi connectivity index (χ3v) is 3.63. The van der Waals surface area contributed by atoms with Crippen molar-refractivity contribution in [3.63, 3.8) is 0 Å². The Kier molecular flexibility index (Phi) is 2.35. The summed E-state index contributed by atoms with van der Waals surface area (Å²) < 4.78 is 5.79. The molecule has 2 saturated heterocycles. The highest BCUT2D eigenvalue weighted by atomic mass is 32.1. The van der Waals surface area contributed by atoms with Gasteiger partial charge in [-0.25, -0.2) is 0 Å². The predicted molar refractivity (Wildman–Crippen MR) is 52.0 cm³/mol. The van der Waals surface area contributed by atoms with Gasteiger partial charge in [-0.3, -0.25) is 0 Å². The lowest BCUT2D eigenvalue weighted by Crippen LogP contribution is -2.48. The zero-order valence-corrected chi connectivity index (χ0v) is 8.46. The zero-order valence-electron chi connectivity index (χ0n) is 7.57. The average Bonchev–Trinajstić information content (AvgIpc) is 2.41. The van der Waals surface area contributed by atoms with Crippen molar-refractivity contribution in [3.05, 3.63) is 0 Å². The molecule has 1 unspecified atom stereocenters. The maximum atomic E-state index is 9.26. The maximum absolute atomic E-state index is 9.26. The topological polar surface area (TPSA) is 49.7 Å². The highest BCUT2D eigenvalue weighted by Crippen LogP contribution is 2.48. The molecule has 3 atom stereocenters. The highest BCUT2D eigenvalue weighted by molar-refractivity contribution is 7.80. The Hall–Kier alpha value is 0.230. The van der Waals surface area contributed by atoms with Crippen molar-refractivity contribution in [2.24, 2.45) is 0 Å². The number of fused-ring (bicyclic) bond motifs is 2. The summed E-state index contributed by atoms with van der Waals surface area (Å²) in [5.74, 6) is 0. The smallest absolute Gasteiger partial charge is 0.0932 e. The van der Waals surface area contributed by atoms with Crippen LogP contribution in [0, 0.1) is 0 Å². The number of hydrogen-bond donors (Lipinski definition) is 3. The van der Waals surface area contributed by atoms with Crippen LogP contribution in [0.25, 0.3) is 0 Å². The molecule has 0 saturated carbocycles. The first-order valence-electron chi connectivity index (χ1n) is 4.74. The van der Waals surface area contributed by atoms with Crippen LogP contribution >= 0.6 is 12.6 Å². The Morgan fingerprint density at radius 3 is 2.00 bits per heavy atom. The molecule has 2 heterocycles. The van der Waals surface area contributed by atoms with Gasteiger partial charge in [0.05, 0.1) is 24.4 Å². The Morgan fingerprint density at radius 2 is 1.62 bits per heavy atom. The summed E-state index contributed by atoms with van der Waals surface area (Å²) in [6, 6.07) is 0. The number of rotatable bonds is 2. The molecule has 76 valence electrons. The van der Waals surface area contributed by atoms with E-state index in [9.17, 15) is 10.2 Å². The summed E-state index contributed by atoms with van der Waals surface area (Å²) in [5.41, 5.74) is -0.819. The van der Waals surface area contributed by atoms with Crippen LogP contribution < -0.4 is 0 Å². The molecule has 0 radical (unpaired) electrons. The number of aliphatic hydroxyl groups excluding tert-OH is 2. The fourth-order valence-electron chi connectivity index (χ4n) is 2.59. The standard InChI is InChI=1S/C9H16O3S/c10-5-8-1-2-9(6-11,12-8)4-7(13)3-8/h7,10-11,13H,1-6H2/t7?,8-,9+.